The van der Waals surface area contributed by atoms with E-state index in [1.54, 1.807) is 0 Å². The van der Waals surface area contributed by atoms with Crippen LogP contribution >= 0.6 is 0 Å². The van der Waals surface area contributed by atoms with E-state index in [4.69, 9.17) is 38.3 Å². The Morgan fingerprint density at radius 3 is 2.02 bits per heavy atom. The van der Waals surface area contributed by atoms with Crippen molar-refractivity contribution >= 4 is 11.9 Å². The summed E-state index contributed by atoms with van der Waals surface area (Å²) in [5, 5.41) is 92.3. The standard InChI is InChI=1S/C31H50O18/c1-43-17-7-12(5-6-14(17)33)29-18(47-31-28(42)26(40)24(38)20(49-31)11-44-22(36)9-21(34)35)8-13-15(45-29)3-2-4-16(13)46-30-27(41)25(39)23(37)19(10-32)48-30/h12-20,23-33,37-42H,2-11H2,1H3,(H,34,35)/p+1/t12?,13?,14?,15?,16?,17?,18?,19-,20-,23-,24-,25-,26+,27-,28-,29?,30-,31-/m1/s1. The first kappa shape index (κ1) is 38.6. The molecule has 0 spiro atoms. The minimum absolute atomic E-state index is 0.116. The smallest absolute Gasteiger partial charge is 0.317 e. The molecule has 5 aliphatic rings. The molecule has 5 rings (SSSR count). The van der Waals surface area contributed by atoms with Crippen LogP contribution in [-0.2, 0) is 38.0 Å². The van der Waals surface area contributed by atoms with Crippen LogP contribution in [0.4, 0.5) is 0 Å². The Balaban J connectivity index is 1.35. The molecule has 5 fully saturated rings. The van der Waals surface area contributed by atoms with Crippen molar-refractivity contribution < 1.29 is 88.7 Å². The summed E-state index contributed by atoms with van der Waals surface area (Å²) in [4.78, 5) is 22.7. The maximum Gasteiger partial charge on any atom is 0.317 e. The molecule has 0 amide bonds. The molecule has 0 bridgehead atoms. The number of methoxy groups -OCH3 is 1. The molecular weight excluding hydrogens is 660 g/mol. The summed E-state index contributed by atoms with van der Waals surface area (Å²) >= 11 is 0. The number of esters is 1. The number of carbonyl (C=O) groups is 2. The lowest BCUT2D eigenvalue weighted by Crippen LogP contribution is -2.63. The Morgan fingerprint density at radius 1 is 0.755 bits per heavy atom. The lowest BCUT2D eigenvalue weighted by Gasteiger charge is -2.49. The molecule has 3 heterocycles. The largest absolute Gasteiger partial charge is 0.481 e. The summed E-state index contributed by atoms with van der Waals surface area (Å²) < 4.78 is 39.7. The van der Waals surface area contributed by atoms with Gasteiger partial charge in [-0.2, -0.15) is 0 Å². The van der Waals surface area contributed by atoms with Gasteiger partial charge in [0.25, 0.3) is 0 Å². The van der Waals surface area contributed by atoms with E-state index in [0.29, 0.717) is 44.9 Å². The number of hydrogen-bond acceptors (Lipinski definition) is 16. The number of hydrogen-bond donors (Lipinski definition) is 9. The molecule has 18 atom stereocenters. The van der Waals surface area contributed by atoms with Crippen LogP contribution < -0.4 is 0 Å². The number of carboxylic acids is 1. The molecule has 2 aliphatic carbocycles. The maximum absolute atomic E-state index is 11.8. The van der Waals surface area contributed by atoms with Crippen molar-refractivity contribution in [2.75, 3.05) is 20.3 Å². The van der Waals surface area contributed by atoms with Crippen molar-refractivity contribution in [3.8, 4) is 0 Å². The zero-order valence-corrected chi connectivity index (χ0v) is 27.2. The number of aliphatic carboxylic acids is 1. The van der Waals surface area contributed by atoms with Crippen LogP contribution in [-0.4, -0.2) is 181 Å². The number of ether oxygens (including phenoxy) is 7. The number of aliphatic hydroxyl groups is 10. The van der Waals surface area contributed by atoms with Gasteiger partial charge in [0.05, 0.1) is 30.8 Å². The first-order valence-corrected chi connectivity index (χ1v) is 16.9. The van der Waals surface area contributed by atoms with Crippen LogP contribution in [0, 0.1) is 11.8 Å². The average molecular weight is 712 g/mol. The number of carbonyl (C=O) groups excluding carboxylic acids is 1. The van der Waals surface area contributed by atoms with Gasteiger partial charge in [-0.3, -0.25) is 9.59 Å². The van der Waals surface area contributed by atoms with E-state index in [1.807, 2.05) is 0 Å². The molecule has 2 saturated carbocycles. The molecule has 10 N–H and O–H groups in total. The van der Waals surface area contributed by atoms with Crippen molar-refractivity contribution in [2.24, 2.45) is 11.8 Å². The fourth-order valence-electron chi connectivity index (χ4n) is 7.90. The highest BCUT2D eigenvalue weighted by molar-refractivity contribution is 5.90. The first-order chi connectivity index (χ1) is 23.3. The molecule has 18 heteroatoms. The van der Waals surface area contributed by atoms with Crippen LogP contribution in [0.25, 0.3) is 0 Å². The average Bonchev–Trinajstić information content (AvgIpc) is 3.08. The molecule has 0 radical (unpaired) electrons. The van der Waals surface area contributed by atoms with Gasteiger partial charge in [0, 0.05) is 19.4 Å². The predicted octanol–water partition coefficient (Wildman–Crippen LogP) is -3.97. The van der Waals surface area contributed by atoms with Gasteiger partial charge in [-0.25, -0.2) is 0 Å². The van der Waals surface area contributed by atoms with Crippen LogP contribution in [0.1, 0.15) is 51.4 Å². The van der Waals surface area contributed by atoms with E-state index >= 15 is 0 Å². The summed E-state index contributed by atoms with van der Waals surface area (Å²) in [5.41, 5.74) is 0. The second kappa shape index (κ2) is 16.8. The highest BCUT2D eigenvalue weighted by Gasteiger charge is 2.55. The lowest BCUT2D eigenvalue weighted by atomic mass is 9.73. The van der Waals surface area contributed by atoms with Crippen LogP contribution in [0.5, 0.6) is 0 Å². The van der Waals surface area contributed by atoms with Gasteiger partial charge >= 0.3 is 11.9 Å². The fraction of sp³-hybridized carbons (Fsp3) is 0.935. The van der Waals surface area contributed by atoms with Crippen LogP contribution in [0.2, 0.25) is 0 Å². The van der Waals surface area contributed by atoms with Gasteiger partial charge in [0.15, 0.2) is 24.8 Å². The molecule has 18 nitrogen and oxygen atoms in total. The topological polar surface area (TPSA) is 284 Å². The lowest BCUT2D eigenvalue weighted by molar-refractivity contribution is -0.364. The third-order valence-corrected chi connectivity index (χ3v) is 10.6. The van der Waals surface area contributed by atoms with Gasteiger partial charge in [0.1, 0.15) is 68.0 Å². The third kappa shape index (κ3) is 8.72. The molecule has 3 aliphatic heterocycles. The van der Waals surface area contributed by atoms with Gasteiger partial charge in [-0.15, -0.1) is 0 Å². The van der Waals surface area contributed by atoms with E-state index in [-0.39, 0.29) is 17.9 Å². The molecule has 282 valence electrons. The number of carboxylic acid groups (broad SMARTS) is 1. The monoisotopic (exact) mass is 711 g/mol. The zero-order chi connectivity index (χ0) is 35.6. The highest BCUT2D eigenvalue weighted by Crippen LogP contribution is 2.44. The van der Waals surface area contributed by atoms with E-state index in [0.717, 1.165) is 0 Å². The van der Waals surface area contributed by atoms with Gasteiger partial charge in [-0.05, 0) is 38.5 Å². The maximum atomic E-state index is 11.8. The SMILES string of the molecule is COC1CC(C2[OH+]C3CCCC(O[C@@H]4O[C@H](CO)[C@@H](O)[C@@H](O)[C@H]4O)C3CC2O[C@@H]2O[C@H](COC(=O)CC(=O)O)[C@@H](O)[C@H](O)[C@H]2O)CCC1O. The van der Waals surface area contributed by atoms with Gasteiger partial charge < -0.3 is 79.1 Å². The van der Waals surface area contributed by atoms with Gasteiger partial charge in [0.2, 0.25) is 0 Å². The molecule has 3 saturated heterocycles. The Kier molecular flexibility index (Phi) is 13.2. The summed E-state index contributed by atoms with van der Waals surface area (Å²) in [6.45, 7) is -1.23. The van der Waals surface area contributed by atoms with Gasteiger partial charge in [-0.1, -0.05) is 0 Å². The van der Waals surface area contributed by atoms with E-state index in [2.05, 4.69) is 0 Å². The minimum atomic E-state index is -1.77. The second-order valence-corrected chi connectivity index (χ2v) is 13.8. The van der Waals surface area contributed by atoms with Crippen molar-refractivity contribution in [2.45, 2.75) is 149 Å². The summed E-state index contributed by atoms with van der Waals surface area (Å²) in [6, 6.07) is 0. The Bertz CT molecular complexity index is 1090. The number of rotatable bonds is 11. The predicted molar refractivity (Wildman–Crippen MR) is 159 cm³/mol. The van der Waals surface area contributed by atoms with Crippen LogP contribution in [0.15, 0.2) is 0 Å². The van der Waals surface area contributed by atoms with Crippen molar-refractivity contribution in [3.05, 3.63) is 0 Å². The highest BCUT2D eigenvalue weighted by atomic mass is 16.7. The van der Waals surface area contributed by atoms with E-state index in [9.17, 15) is 50.4 Å². The summed E-state index contributed by atoms with van der Waals surface area (Å²) in [6.07, 6.45) is -15.7. The molecule has 0 aromatic carbocycles. The minimum Gasteiger partial charge on any atom is -0.481 e. The Hall–Kier alpha value is -1.62. The normalized spacial score (nSPS) is 47.6. The summed E-state index contributed by atoms with van der Waals surface area (Å²) in [7, 11) is 1.52. The Morgan fingerprint density at radius 2 is 1.39 bits per heavy atom. The molecule has 8 unspecified atom stereocenters. The third-order valence-electron chi connectivity index (χ3n) is 10.6. The van der Waals surface area contributed by atoms with Crippen molar-refractivity contribution in [1.82, 2.24) is 0 Å². The zero-order valence-electron chi connectivity index (χ0n) is 27.2. The fourth-order valence-corrected chi connectivity index (χ4v) is 7.90. The molecule has 0 aromatic heterocycles. The number of aliphatic hydroxyl groups excluding tert-OH is 8. The quantitative estimate of drug-likeness (QED) is 0.0561. The number of fused-ring (bicyclic) bond motifs is 1. The van der Waals surface area contributed by atoms with E-state index in [1.165, 1.54) is 7.11 Å². The van der Waals surface area contributed by atoms with E-state index < -0.39 is 124 Å². The molecule has 49 heavy (non-hydrogen) atoms. The first-order valence-electron chi connectivity index (χ1n) is 16.9. The van der Waals surface area contributed by atoms with Crippen molar-refractivity contribution in [3.63, 3.8) is 0 Å². The van der Waals surface area contributed by atoms with Crippen LogP contribution in [0.3, 0.4) is 0 Å². The summed E-state index contributed by atoms with van der Waals surface area (Å²) in [5.74, 6) is -2.94. The molecule has 0 aromatic rings. The van der Waals surface area contributed by atoms with Crippen molar-refractivity contribution in [1.29, 1.82) is 0 Å². The Labute approximate surface area is 282 Å². The second-order valence-electron chi connectivity index (χ2n) is 13.8. The molecular formula is C31H51O18+.